The molecule has 5 aromatic rings. The Bertz CT molecular complexity index is 1800. The second kappa shape index (κ2) is 16.8. The highest BCUT2D eigenvalue weighted by molar-refractivity contribution is 8.00. The van der Waals surface area contributed by atoms with Crippen LogP contribution in [0, 0.1) is 0 Å². The summed E-state index contributed by atoms with van der Waals surface area (Å²) in [5, 5.41) is 21.1. The van der Waals surface area contributed by atoms with Crippen molar-refractivity contribution in [3.8, 4) is 11.1 Å². The lowest BCUT2D eigenvalue weighted by Crippen LogP contribution is -2.46. The van der Waals surface area contributed by atoms with Gasteiger partial charge in [0, 0.05) is 17.4 Å². The van der Waals surface area contributed by atoms with Gasteiger partial charge in [0.25, 0.3) is 0 Å². The van der Waals surface area contributed by atoms with Gasteiger partial charge in [-0.2, -0.15) is 12.6 Å². The van der Waals surface area contributed by atoms with Gasteiger partial charge in [0.05, 0.1) is 4.75 Å². The number of thioether (sulfide) groups is 1. The number of hydrogen-bond acceptors (Lipinski definition) is 7. The minimum absolute atomic E-state index is 0.109. The van der Waals surface area contributed by atoms with Gasteiger partial charge in [0.2, 0.25) is 0 Å². The molecule has 0 aromatic heterocycles. The summed E-state index contributed by atoms with van der Waals surface area (Å²) in [5.74, 6) is -1.99. The van der Waals surface area contributed by atoms with E-state index in [1.54, 1.807) is 0 Å². The molecule has 8 nitrogen and oxygen atoms in total. The van der Waals surface area contributed by atoms with Crippen LogP contribution in [0.1, 0.15) is 40.7 Å². The first-order valence-electron chi connectivity index (χ1n) is 16.4. The van der Waals surface area contributed by atoms with Crippen LogP contribution in [0.4, 0.5) is 4.79 Å². The van der Waals surface area contributed by atoms with Gasteiger partial charge in [-0.1, -0.05) is 140 Å². The first-order valence-corrected chi connectivity index (χ1v) is 18.0. The van der Waals surface area contributed by atoms with E-state index in [1.165, 1.54) is 18.7 Å². The molecule has 0 saturated heterocycles. The van der Waals surface area contributed by atoms with Crippen molar-refractivity contribution in [1.29, 1.82) is 0 Å². The number of carbonyl (C=O) groups excluding carboxylic acids is 1. The molecule has 0 aliphatic heterocycles. The van der Waals surface area contributed by atoms with Crippen molar-refractivity contribution >= 4 is 42.4 Å². The van der Waals surface area contributed by atoms with Crippen LogP contribution in [-0.4, -0.2) is 57.9 Å². The maximum Gasteiger partial charge on any atom is 0.407 e. The summed E-state index contributed by atoms with van der Waals surface area (Å²) in [4.78, 5) is 35.6. The van der Waals surface area contributed by atoms with E-state index in [0.29, 0.717) is 0 Å². The van der Waals surface area contributed by atoms with Gasteiger partial charge in [-0.25, -0.2) is 9.59 Å². The number of carboxylic acids is 2. The van der Waals surface area contributed by atoms with Crippen LogP contribution < -0.4 is 11.1 Å². The topological polar surface area (TPSA) is 139 Å². The van der Waals surface area contributed by atoms with Crippen molar-refractivity contribution in [2.45, 2.75) is 29.2 Å². The lowest BCUT2D eigenvalue weighted by molar-refractivity contribution is -0.141. The van der Waals surface area contributed by atoms with E-state index in [0.717, 1.165) is 38.9 Å². The van der Waals surface area contributed by atoms with Crippen LogP contribution in [0.15, 0.2) is 140 Å². The molecular weight excluding hydrogens is 681 g/mol. The molecule has 0 bridgehead atoms. The smallest absolute Gasteiger partial charge is 0.407 e. The Morgan fingerprint density at radius 2 is 1.16 bits per heavy atom. The summed E-state index contributed by atoms with van der Waals surface area (Å²) in [5.41, 5.74) is 11.5. The normalized spacial score (nSPS) is 13.7. The molecule has 0 heterocycles. The SMILES string of the molecule is C[C@](N)(CS)C(=O)O.O=C(NC(CSC(c1ccccc1)(c1ccccc1)c1ccccc1)C(=O)O)OCC1c2ccccc2-c2ccccc21. The summed E-state index contributed by atoms with van der Waals surface area (Å²) in [6.07, 6.45) is -0.750. The first-order chi connectivity index (χ1) is 24.6. The third kappa shape index (κ3) is 8.48. The zero-order chi connectivity index (χ0) is 36.4. The molecule has 2 atom stereocenters. The predicted molar refractivity (Wildman–Crippen MR) is 205 cm³/mol. The van der Waals surface area contributed by atoms with Crippen LogP contribution in [0.2, 0.25) is 0 Å². The van der Waals surface area contributed by atoms with Gasteiger partial charge >= 0.3 is 18.0 Å². The fourth-order valence-electron chi connectivity index (χ4n) is 6.00. The molecule has 0 spiro atoms. The number of nitrogens with one attached hydrogen (secondary N) is 1. The molecular formula is C41H40N2O6S2. The van der Waals surface area contributed by atoms with E-state index in [2.05, 4.69) is 66.5 Å². The average molecular weight is 721 g/mol. The van der Waals surface area contributed by atoms with E-state index in [9.17, 15) is 19.5 Å². The molecule has 51 heavy (non-hydrogen) atoms. The molecule has 1 aliphatic rings. The summed E-state index contributed by atoms with van der Waals surface area (Å²) >= 11 is 5.22. The Balaban J connectivity index is 0.000000565. The van der Waals surface area contributed by atoms with Crippen molar-refractivity contribution in [3.05, 3.63) is 167 Å². The Morgan fingerprint density at radius 3 is 1.53 bits per heavy atom. The maximum absolute atomic E-state index is 13.1. The molecule has 0 radical (unpaired) electrons. The van der Waals surface area contributed by atoms with E-state index < -0.39 is 34.4 Å². The quantitative estimate of drug-likeness (QED) is 0.0663. The Kier molecular flexibility index (Phi) is 12.3. The van der Waals surface area contributed by atoms with Gasteiger partial charge in [0.15, 0.2) is 0 Å². The van der Waals surface area contributed by atoms with Crippen LogP contribution in [0.25, 0.3) is 11.1 Å². The first kappa shape index (κ1) is 37.2. The number of amides is 1. The van der Waals surface area contributed by atoms with Crippen molar-refractivity contribution < 1.29 is 29.3 Å². The zero-order valence-electron chi connectivity index (χ0n) is 28.0. The highest BCUT2D eigenvalue weighted by Gasteiger charge is 2.39. The third-order valence-corrected chi connectivity index (χ3v) is 11.1. The van der Waals surface area contributed by atoms with Gasteiger partial charge in [-0.3, -0.25) is 4.79 Å². The number of carboxylic acid groups (broad SMARTS) is 2. The molecule has 1 aliphatic carbocycles. The molecule has 262 valence electrons. The number of rotatable bonds is 12. The summed E-state index contributed by atoms with van der Waals surface area (Å²) in [6, 6.07) is 45.2. The summed E-state index contributed by atoms with van der Waals surface area (Å²) in [7, 11) is 0. The minimum atomic E-state index is -1.18. The van der Waals surface area contributed by atoms with E-state index >= 15 is 0 Å². The largest absolute Gasteiger partial charge is 0.480 e. The lowest BCUT2D eigenvalue weighted by atomic mass is 9.84. The molecule has 10 heteroatoms. The second-order valence-corrected chi connectivity index (χ2v) is 13.9. The molecule has 0 fully saturated rings. The van der Waals surface area contributed by atoms with Crippen molar-refractivity contribution in [2.24, 2.45) is 5.73 Å². The highest BCUT2D eigenvalue weighted by atomic mass is 32.2. The lowest BCUT2D eigenvalue weighted by Gasteiger charge is -2.36. The number of aliphatic carboxylic acids is 2. The predicted octanol–water partition coefficient (Wildman–Crippen LogP) is 7.42. The highest BCUT2D eigenvalue weighted by Crippen LogP contribution is 2.49. The van der Waals surface area contributed by atoms with E-state index in [4.69, 9.17) is 15.6 Å². The van der Waals surface area contributed by atoms with E-state index in [1.807, 2.05) is 91.0 Å². The van der Waals surface area contributed by atoms with Gasteiger partial charge in [0.1, 0.15) is 18.2 Å². The van der Waals surface area contributed by atoms with Crippen molar-refractivity contribution in [2.75, 3.05) is 18.1 Å². The Morgan fingerprint density at radius 1 is 0.745 bits per heavy atom. The minimum Gasteiger partial charge on any atom is -0.480 e. The van der Waals surface area contributed by atoms with Crippen molar-refractivity contribution in [3.63, 3.8) is 0 Å². The summed E-state index contributed by atoms with van der Waals surface area (Å²) in [6.45, 7) is 1.53. The molecule has 6 rings (SSSR count). The fraction of sp³-hybridized carbons (Fsp3) is 0.195. The fourth-order valence-corrected chi connectivity index (χ4v) is 7.69. The Labute approximate surface area is 307 Å². The molecule has 1 unspecified atom stereocenters. The molecule has 0 saturated carbocycles. The second-order valence-electron chi connectivity index (χ2n) is 12.3. The molecule has 5 aromatic carbocycles. The van der Waals surface area contributed by atoms with E-state index in [-0.39, 0.29) is 24.0 Å². The van der Waals surface area contributed by atoms with Crippen LogP contribution in [0.3, 0.4) is 0 Å². The number of ether oxygens (including phenoxy) is 1. The Hall–Kier alpha value is -5.03. The van der Waals surface area contributed by atoms with Crippen LogP contribution >= 0.6 is 24.4 Å². The number of alkyl carbamates (subject to hydrolysis) is 1. The summed E-state index contributed by atoms with van der Waals surface area (Å²) < 4.78 is 4.98. The van der Waals surface area contributed by atoms with Gasteiger partial charge < -0.3 is 26.0 Å². The zero-order valence-corrected chi connectivity index (χ0v) is 29.7. The monoisotopic (exact) mass is 720 g/mol. The number of carbonyl (C=O) groups is 3. The number of hydrogen-bond donors (Lipinski definition) is 5. The van der Waals surface area contributed by atoms with Gasteiger partial charge in [-0.05, 0) is 45.9 Å². The third-order valence-electron chi connectivity index (χ3n) is 8.76. The molecule has 1 amide bonds. The van der Waals surface area contributed by atoms with Gasteiger partial charge in [-0.15, -0.1) is 11.8 Å². The number of thiol groups is 1. The number of nitrogens with two attached hydrogens (primary N) is 1. The number of fused-ring (bicyclic) bond motifs is 3. The van der Waals surface area contributed by atoms with Crippen LogP contribution in [0.5, 0.6) is 0 Å². The number of benzene rings is 5. The van der Waals surface area contributed by atoms with Crippen LogP contribution in [-0.2, 0) is 19.1 Å². The van der Waals surface area contributed by atoms with Crippen molar-refractivity contribution in [1.82, 2.24) is 5.32 Å². The average Bonchev–Trinajstić information content (AvgIpc) is 3.48. The standard InChI is InChI=1S/C37H31NO4S.C4H9NO2S/c39-35(40)34(38-36(41)42-24-33-31-22-12-10-20-29(31)30-21-11-13-23-32(30)33)25-43-37(26-14-4-1-5-15-26,27-16-6-2-7-17-27)28-18-8-3-9-19-28;1-4(5,2-8)3(6)7/h1-23,33-34H,24-25H2,(H,38,41)(H,39,40);8H,2,5H2,1H3,(H,6,7)/t;4-/m.0/s1. The maximum atomic E-state index is 13.1. The molecule has 5 N–H and O–H groups in total.